The fourth-order valence-corrected chi connectivity index (χ4v) is 2.10. The van der Waals surface area contributed by atoms with Crippen LogP contribution in [-0.2, 0) is 19.6 Å². The van der Waals surface area contributed by atoms with Gasteiger partial charge in [-0.05, 0) is 19.1 Å². The Hall–Kier alpha value is -1.84. The Bertz CT molecular complexity index is 555. The number of nitrogens with one attached hydrogen (secondary N) is 1. The molecule has 5 nitrogen and oxygen atoms in total. The van der Waals surface area contributed by atoms with Crippen molar-refractivity contribution in [2.75, 3.05) is 13.2 Å². The molecule has 1 N–H and O–H groups in total. The van der Waals surface area contributed by atoms with Crippen LogP contribution in [-0.4, -0.2) is 27.5 Å². The average molecular weight is 267 g/mol. The molecule has 1 aromatic rings. The van der Waals surface area contributed by atoms with Crippen LogP contribution in [0.25, 0.3) is 0 Å². The number of carbonyl (C=O) groups excluding carboxylic acids is 1. The van der Waals surface area contributed by atoms with Crippen molar-refractivity contribution in [3.63, 3.8) is 0 Å². The zero-order chi connectivity index (χ0) is 13.6. The topological polar surface area (TPSA) is 72.5 Å². The summed E-state index contributed by atoms with van der Waals surface area (Å²) in [4.78, 5) is 11.2. The van der Waals surface area contributed by atoms with Crippen molar-refractivity contribution in [2.24, 2.45) is 0 Å². The number of carbonyl (C=O) groups is 1. The summed E-state index contributed by atoms with van der Waals surface area (Å²) < 4.78 is 30.2. The van der Waals surface area contributed by atoms with Crippen molar-refractivity contribution in [3.8, 4) is 12.3 Å². The highest BCUT2D eigenvalue weighted by molar-refractivity contribution is 7.89. The third kappa shape index (κ3) is 4.20. The first-order valence-corrected chi connectivity index (χ1v) is 6.59. The average Bonchev–Trinajstić information content (AvgIpc) is 2.34. The zero-order valence-corrected chi connectivity index (χ0v) is 10.7. The normalized spacial score (nSPS) is 10.7. The number of hydrogen-bond acceptors (Lipinski definition) is 4. The molecule has 0 saturated heterocycles. The number of hydrogen-bond donors (Lipinski definition) is 1. The standard InChI is InChI=1S/C12H13NO4S/c1-3-8-17-12(14)9-13-18(15,16)11-6-4-10(2)5-7-11/h1,4-7,13H,8-9H2,2H3. The largest absolute Gasteiger partial charge is 0.452 e. The first kappa shape index (κ1) is 14.2. The van der Waals surface area contributed by atoms with E-state index in [1.807, 2.05) is 6.92 Å². The third-order valence-corrected chi connectivity index (χ3v) is 3.47. The van der Waals surface area contributed by atoms with E-state index < -0.39 is 22.5 Å². The Labute approximate surface area is 106 Å². The monoisotopic (exact) mass is 267 g/mol. The molecule has 0 bridgehead atoms. The molecule has 0 spiro atoms. The van der Waals surface area contributed by atoms with E-state index in [-0.39, 0.29) is 11.5 Å². The summed E-state index contributed by atoms with van der Waals surface area (Å²) in [6.07, 6.45) is 4.90. The summed E-state index contributed by atoms with van der Waals surface area (Å²) in [5.41, 5.74) is 0.947. The zero-order valence-electron chi connectivity index (χ0n) is 9.84. The SMILES string of the molecule is C#CCOC(=O)CNS(=O)(=O)c1ccc(C)cc1. The lowest BCUT2D eigenvalue weighted by molar-refractivity contribution is -0.140. The molecule has 0 amide bonds. The van der Waals surface area contributed by atoms with Gasteiger partial charge >= 0.3 is 5.97 Å². The Morgan fingerprint density at radius 3 is 2.56 bits per heavy atom. The summed E-state index contributed by atoms with van der Waals surface area (Å²) in [6.45, 7) is 1.23. The van der Waals surface area contributed by atoms with Gasteiger partial charge in [0.1, 0.15) is 6.54 Å². The third-order valence-electron chi connectivity index (χ3n) is 2.05. The summed E-state index contributed by atoms with van der Waals surface area (Å²) in [5.74, 6) is 1.39. The summed E-state index contributed by atoms with van der Waals surface area (Å²) in [7, 11) is -3.70. The van der Waals surface area contributed by atoms with Crippen LogP contribution >= 0.6 is 0 Å². The van der Waals surface area contributed by atoms with Gasteiger partial charge in [-0.3, -0.25) is 4.79 Å². The van der Waals surface area contributed by atoms with E-state index in [0.717, 1.165) is 5.56 Å². The Morgan fingerprint density at radius 2 is 2.00 bits per heavy atom. The van der Waals surface area contributed by atoms with Crippen molar-refractivity contribution in [1.29, 1.82) is 0 Å². The van der Waals surface area contributed by atoms with E-state index >= 15 is 0 Å². The summed E-state index contributed by atoms with van der Waals surface area (Å²) >= 11 is 0. The van der Waals surface area contributed by atoms with E-state index in [9.17, 15) is 13.2 Å². The number of sulfonamides is 1. The minimum absolute atomic E-state index is 0.0952. The molecule has 0 saturated carbocycles. The highest BCUT2D eigenvalue weighted by atomic mass is 32.2. The molecule has 0 radical (unpaired) electrons. The van der Waals surface area contributed by atoms with Gasteiger partial charge in [0.25, 0.3) is 0 Å². The van der Waals surface area contributed by atoms with E-state index in [0.29, 0.717) is 0 Å². The lowest BCUT2D eigenvalue weighted by Gasteiger charge is -2.06. The maximum Gasteiger partial charge on any atom is 0.321 e. The second-order valence-corrected chi connectivity index (χ2v) is 5.27. The number of rotatable bonds is 5. The van der Waals surface area contributed by atoms with Crippen LogP contribution in [0.5, 0.6) is 0 Å². The summed E-state index contributed by atoms with van der Waals surface area (Å²) in [5, 5.41) is 0. The Balaban J connectivity index is 2.63. The molecular formula is C12H13NO4S. The number of esters is 1. The number of terminal acetylenes is 1. The van der Waals surface area contributed by atoms with Crippen molar-refractivity contribution in [1.82, 2.24) is 4.72 Å². The van der Waals surface area contributed by atoms with Gasteiger partial charge in [0.05, 0.1) is 4.90 Å². The molecular weight excluding hydrogens is 254 g/mol. The summed E-state index contributed by atoms with van der Waals surface area (Å²) in [6, 6.07) is 6.27. The predicted molar refractivity (Wildman–Crippen MR) is 66.2 cm³/mol. The van der Waals surface area contributed by atoms with Crippen LogP contribution in [0.1, 0.15) is 5.56 Å². The van der Waals surface area contributed by atoms with Gasteiger partial charge in [-0.2, -0.15) is 4.72 Å². The molecule has 96 valence electrons. The number of aryl methyl sites for hydroxylation is 1. The van der Waals surface area contributed by atoms with Crippen LogP contribution < -0.4 is 4.72 Å². The lowest BCUT2D eigenvalue weighted by Crippen LogP contribution is -2.30. The second kappa shape index (κ2) is 6.19. The molecule has 0 fully saturated rings. The molecule has 0 aromatic heterocycles. The second-order valence-electron chi connectivity index (χ2n) is 3.50. The van der Waals surface area contributed by atoms with Crippen molar-refractivity contribution in [2.45, 2.75) is 11.8 Å². The first-order valence-electron chi connectivity index (χ1n) is 5.11. The smallest absolute Gasteiger partial charge is 0.321 e. The molecule has 18 heavy (non-hydrogen) atoms. The van der Waals surface area contributed by atoms with Gasteiger partial charge in [-0.1, -0.05) is 23.6 Å². The van der Waals surface area contributed by atoms with Crippen molar-refractivity contribution >= 4 is 16.0 Å². The number of ether oxygens (including phenoxy) is 1. The van der Waals surface area contributed by atoms with Gasteiger partial charge in [0.2, 0.25) is 10.0 Å². The van der Waals surface area contributed by atoms with Crippen molar-refractivity contribution < 1.29 is 17.9 Å². The highest BCUT2D eigenvalue weighted by Crippen LogP contribution is 2.09. The van der Waals surface area contributed by atoms with Crippen LogP contribution in [0.3, 0.4) is 0 Å². The molecule has 0 unspecified atom stereocenters. The highest BCUT2D eigenvalue weighted by Gasteiger charge is 2.15. The van der Waals surface area contributed by atoms with E-state index in [4.69, 9.17) is 6.42 Å². The quantitative estimate of drug-likeness (QED) is 0.621. The van der Waals surface area contributed by atoms with Crippen molar-refractivity contribution in [3.05, 3.63) is 29.8 Å². The van der Waals surface area contributed by atoms with Gasteiger partial charge < -0.3 is 4.74 Å². The van der Waals surface area contributed by atoms with Crippen LogP contribution in [0.15, 0.2) is 29.2 Å². The van der Waals surface area contributed by atoms with Gasteiger partial charge in [-0.25, -0.2) is 8.42 Å². The molecule has 0 aliphatic rings. The van der Waals surface area contributed by atoms with Crippen LogP contribution in [0.2, 0.25) is 0 Å². The first-order chi connectivity index (χ1) is 8.45. The van der Waals surface area contributed by atoms with Gasteiger partial charge in [-0.15, -0.1) is 6.42 Å². The minimum Gasteiger partial charge on any atom is -0.452 e. The maximum absolute atomic E-state index is 11.8. The van der Waals surface area contributed by atoms with Crippen LogP contribution in [0, 0.1) is 19.3 Å². The van der Waals surface area contributed by atoms with E-state index in [1.165, 1.54) is 12.1 Å². The Morgan fingerprint density at radius 1 is 1.39 bits per heavy atom. The predicted octanol–water partition coefficient (Wildman–Crippen LogP) is 0.450. The van der Waals surface area contributed by atoms with Gasteiger partial charge in [0, 0.05) is 0 Å². The molecule has 1 aromatic carbocycles. The minimum atomic E-state index is -3.70. The van der Waals surface area contributed by atoms with Crippen LogP contribution in [0.4, 0.5) is 0 Å². The molecule has 0 aliphatic carbocycles. The van der Waals surface area contributed by atoms with E-state index in [2.05, 4.69) is 15.4 Å². The Kier molecular flexibility index (Phi) is 4.89. The molecule has 0 aliphatic heterocycles. The molecule has 0 atom stereocenters. The fraction of sp³-hybridized carbons (Fsp3) is 0.250. The molecule has 1 rings (SSSR count). The van der Waals surface area contributed by atoms with Gasteiger partial charge in [0.15, 0.2) is 6.61 Å². The number of benzene rings is 1. The lowest BCUT2D eigenvalue weighted by atomic mass is 10.2. The maximum atomic E-state index is 11.8. The van der Waals surface area contributed by atoms with E-state index in [1.54, 1.807) is 12.1 Å². The fourth-order valence-electron chi connectivity index (χ4n) is 1.13. The molecule has 0 heterocycles. The molecule has 6 heteroatoms.